The molecule has 6 heteroatoms. The molecule has 0 aliphatic rings. The van der Waals surface area contributed by atoms with E-state index in [9.17, 15) is 0 Å². The van der Waals surface area contributed by atoms with E-state index in [-0.39, 0.29) is 0 Å². The number of rotatable bonds is 13. The average Bonchev–Trinajstić information content (AvgIpc) is 2.94. The third-order valence-corrected chi connectivity index (χ3v) is 5.66. The van der Waals surface area contributed by atoms with Crippen LogP contribution in [-0.2, 0) is 9.47 Å². The van der Waals surface area contributed by atoms with Gasteiger partial charge in [0.15, 0.2) is 24.8 Å². The molecule has 0 radical (unpaired) electrons. The van der Waals surface area contributed by atoms with Crippen LogP contribution < -0.4 is 18.6 Å². The predicted octanol–water partition coefficient (Wildman–Crippen LogP) is 4.74. The summed E-state index contributed by atoms with van der Waals surface area (Å²) >= 11 is 0. The monoisotopic (exact) mass is 486 g/mol. The zero-order valence-electron chi connectivity index (χ0n) is 21.0. The second kappa shape index (κ2) is 13.4. The van der Waals surface area contributed by atoms with Gasteiger partial charge in [-0.1, -0.05) is 0 Å². The Morgan fingerprint density at radius 1 is 0.472 bits per heavy atom. The van der Waals surface area contributed by atoms with E-state index in [2.05, 4.69) is 82.5 Å². The largest absolute Gasteiger partial charge is 0.491 e. The van der Waals surface area contributed by atoms with E-state index >= 15 is 0 Å². The third kappa shape index (κ3) is 7.13. The molecule has 36 heavy (non-hydrogen) atoms. The van der Waals surface area contributed by atoms with Crippen LogP contribution in [-0.4, -0.2) is 39.6 Å². The van der Waals surface area contributed by atoms with Crippen molar-refractivity contribution in [2.45, 2.75) is 13.8 Å². The molecule has 4 rings (SSSR count). The highest BCUT2D eigenvalue weighted by Crippen LogP contribution is 2.18. The highest BCUT2D eigenvalue weighted by atomic mass is 16.5. The maximum Gasteiger partial charge on any atom is 0.210 e. The van der Waals surface area contributed by atoms with Crippen molar-refractivity contribution >= 4 is 0 Å². The van der Waals surface area contributed by atoms with Gasteiger partial charge in [-0.25, -0.2) is 0 Å². The van der Waals surface area contributed by atoms with E-state index in [4.69, 9.17) is 18.9 Å². The molecule has 0 saturated carbocycles. The van der Waals surface area contributed by atoms with Gasteiger partial charge in [0.2, 0.25) is 11.4 Å². The number of nitrogens with zero attached hydrogens (tertiary/aromatic N) is 2. The van der Waals surface area contributed by atoms with Gasteiger partial charge in [-0.15, -0.1) is 0 Å². The Balaban J connectivity index is 1.35. The summed E-state index contributed by atoms with van der Waals surface area (Å²) in [6.45, 7) is 7.69. The Kier molecular flexibility index (Phi) is 9.42. The first kappa shape index (κ1) is 25.4. The van der Waals surface area contributed by atoms with Gasteiger partial charge in [-0.3, -0.25) is 0 Å². The molecule has 2 heterocycles. The lowest BCUT2D eigenvalue weighted by molar-refractivity contribution is -0.596. The molecule has 0 bridgehead atoms. The van der Waals surface area contributed by atoms with Crippen molar-refractivity contribution in [1.82, 2.24) is 0 Å². The molecule has 0 aliphatic carbocycles. The third-order valence-electron chi connectivity index (χ3n) is 5.66. The maximum atomic E-state index is 5.70. The first-order chi connectivity index (χ1) is 17.8. The average molecular weight is 487 g/mol. The quantitative estimate of drug-likeness (QED) is 0.202. The molecule has 4 aromatic rings. The molecule has 0 atom stereocenters. The summed E-state index contributed by atoms with van der Waals surface area (Å²) in [6.07, 6.45) is 8.30. The van der Waals surface area contributed by atoms with Crippen LogP contribution in [0.3, 0.4) is 0 Å². The Morgan fingerprint density at radius 2 is 0.833 bits per heavy atom. The van der Waals surface area contributed by atoms with Gasteiger partial charge in [-0.05, 0) is 49.2 Å². The Morgan fingerprint density at radius 3 is 1.17 bits per heavy atom. The summed E-state index contributed by atoms with van der Waals surface area (Å²) in [5.74, 6) is 1.69. The van der Waals surface area contributed by atoms with Crippen molar-refractivity contribution in [2.24, 2.45) is 0 Å². The first-order valence-corrected chi connectivity index (χ1v) is 12.4. The number of hydrogen-bond acceptors (Lipinski definition) is 4. The minimum atomic E-state index is 0.556. The molecule has 186 valence electrons. The van der Waals surface area contributed by atoms with Crippen molar-refractivity contribution in [1.29, 1.82) is 0 Å². The van der Waals surface area contributed by atoms with Crippen LogP contribution in [0.2, 0.25) is 0 Å². The number of pyridine rings is 2. The Bertz CT molecular complexity index is 1080. The number of benzene rings is 2. The van der Waals surface area contributed by atoms with Crippen LogP contribution in [0.4, 0.5) is 0 Å². The molecule has 2 aromatic heterocycles. The maximum absolute atomic E-state index is 5.70. The molecule has 0 aliphatic heterocycles. The molecule has 6 nitrogen and oxygen atoms in total. The van der Waals surface area contributed by atoms with E-state index in [1.54, 1.807) is 0 Å². The van der Waals surface area contributed by atoms with Crippen molar-refractivity contribution in [2.75, 3.05) is 39.6 Å². The number of aromatic nitrogens is 2. The summed E-state index contributed by atoms with van der Waals surface area (Å²) in [6, 6.07) is 24.6. The van der Waals surface area contributed by atoms with E-state index < -0.39 is 0 Å². The molecule has 0 spiro atoms. The van der Waals surface area contributed by atoms with E-state index in [1.165, 1.54) is 0 Å². The zero-order chi connectivity index (χ0) is 25.0. The Hall–Kier alpha value is -3.74. The summed E-state index contributed by atoms with van der Waals surface area (Å²) in [5.41, 5.74) is 4.48. The normalized spacial score (nSPS) is 10.8. The van der Waals surface area contributed by atoms with Crippen molar-refractivity contribution < 1.29 is 28.1 Å². The van der Waals surface area contributed by atoms with Crippen LogP contribution in [0, 0.1) is 0 Å². The van der Waals surface area contributed by atoms with Gasteiger partial charge in [0, 0.05) is 61.7 Å². The summed E-state index contributed by atoms with van der Waals surface area (Å²) in [5, 5.41) is 0. The SMILES string of the molecule is CCOCCOc1ccc(-[n+]2ccc(-c3cc[n+](-c4ccc(OCCOCC)cc4)cc3)cc2)cc1. The van der Waals surface area contributed by atoms with Crippen molar-refractivity contribution in [3.8, 4) is 34.0 Å². The standard InChI is InChI=1S/C30H34N2O4/c1-3-33-21-23-35-29-9-5-27(6-10-29)31-17-13-25(14-18-31)26-15-19-32(20-16-26)28-7-11-30(12-8-28)36-24-22-34-4-2/h5-20H,3-4,21-24H2,1-2H3/q+2. The minimum Gasteiger partial charge on any atom is -0.491 e. The van der Waals surface area contributed by atoms with Crippen LogP contribution >= 0.6 is 0 Å². The topological polar surface area (TPSA) is 44.7 Å². The van der Waals surface area contributed by atoms with Gasteiger partial charge in [0.1, 0.15) is 24.7 Å². The van der Waals surface area contributed by atoms with Gasteiger partial charge in [-0.2, -0.15) is 9.13 Å². The van der Waals surface area contributed by atoms with E-state index in [0.717, 1.165) is 34.0 Å². The summed E-state index contributed by atoms with van der Waals surface area (Å²) in [7, 11) is 0. The molecule has 0 amide bonds. The fourth-order valence-corrected chi connectivity index (χ4v) is 3.74. The number of ether oxygens (including phenoxy) is 4. The van der Waals surface area contributed by atoms with Gasteiger partial charge < -0.3 is 18.9 Å². The lowest BCUT2D eigenvalue weighted by Crippen LogP contribution is -2.29. The van der Waals surface area contributed by atoms with E-state index in [0.29, 0.717) is 39.6 Å². The molecular formula is C30H34N2O4+2. The molecular weight excluding hydrogens is 452 g/mol. The van der Waals surface area contributed by atoms with Gasteiger partial charge in [0.05, 0.1) is 13.2 Å². The van der Waals surface area contributed by atoms with Gasteiger partial charge >= 0.3 is 0 Å². The van der Waals surface area contributed by atoms with Crippen molar-refractivity contribution in [3.63, 3.8) is 0 Å². The fourth-order valence-electron chi connectivity index (χ4n) is 3.74. The molecule has 0 N–H and O–H groups in total. The minimum absolute atomic E-state index is 0.556. The lowest BCUT2D eigenvalue weighted by Gasteiger charge is -2.06. The first-order valence-electron chi connectivity index (χ1n) is 12.4. The van der Waals surface area contributed by atoms with Crippen LogP contribution in [0.15, 0.2) is 97.6 Å². The van der Waals surface area contributed by atoms with Crippen LogP contribution in [0.1, 0.15) is 13.8 Å². The number of hydrogen-bond donors (Lipinski definition) is 0. The predicted molar refractivity (Wildman–Crippen MR) is 139 cm³/mol. The smallest absolute Gasteiger partial charge is 0.210 e. The second-order valence-corrected chi connectivity index (χ2v) is 8.07. The summed E-state index contributed by atoms with van der Waals surface area (Å²) < 4.78 is 26.2. The highest BCUT2D eigenvalue weighted by Gasteiger charge is 2.10. The Labute approximate surface area is 213 Å². The summed E-state index contributed by atoms with van der Waals surface area (Å²) in [4.78, 5) is 0. The molecule has 0 unspecified atom stereocenters. The zero-order valence-corrected chi connectivity index (χ0v) is 21.0. The fraction of sp³-hybridized carbons (Fsp3) is 0.267. The highest BCUT2D eigenvalue weighted by molar-refractivity contribution is 5.61. The van der Waals surface area contributed by atoms with Crippen LogP contribution in [0.5, 0.6) is 11.5 Å². The molecule has 0 saturated heterocycles. The van der Waals surface area contributed by atoms with Crippen molar-refractivity contribution in [3.05, 3.63) is 97.6 Å². The molecule has 2 aromatic carbocycles. The lowest BCUT2D eigenvalue weighted by atomic mass is 10.1. The van der Waals surface area contributed by atoms with E-state index in [1.807, 2.05) is 38.1 Å². The molecule has 0 fully saturated rings. The van der Waals surface area contributed by atoms with Gasteiger partial charge in [0.25, 0.3) is 0 Å². The second-order valence-electron chi connectivity index (χ2n) is 8.07. The van der Waals surface area contributed by atoms with Crippen LogP contribution in [0.25, 0.3) is 22.5 Å².